The van der Waals surface area contributed by atoms with Gasteiger partial charge in [-0.3, -0.25) is 0 Å². The van der Waals surface area contributed by atoms with Crippen LogP contribution in [0.1, 0.15) is 30.5 Å². The van der Waals surface area contributed by atoms with Crippen molar-refractivity contribution in [2.24, 2.45) is 0 Å². The monoisotopic (exact) mass is 301 g/mol. The third kappa shape index (κ3) is 3.20. The van der Waals surface area contributed by atoms with Gasteiger partial charge in [0.05, 0.1) is 14.7 Å². The number of halogens is 2. The molecule has 0 bridgehead atoms. The lowest BCUT2D eigenvalue weighted by molar-refractivity contribution is 0.596. The van der Waals surface area contributed by atoms with Gasteiger partial charge >= 0.3 is 0 Å². The molecule has 0 aliphatic carbocycles. The summed E-state index contributed by atoms with van der Waals surface area (Å²) in [5.41, 5.74) is 1.97. The zero-order valence-electron chi connectivity index (χ0n) is 9.86. The average molecular weight is 302 g/mol. The number of nitrogens with one attached hydrogen (secondary N) is 1. The summed E-state index contributed by atoms with van der Waals surface area (Å²) in [5, 5.41) is 3.44. The molecule has 2 rings (SSSR count). The van der Waals surface area contributed by atoms with Crippen LogP contribution in [0.25, 0.3) is 0 Å². The molecule has 0 aromatic carbocycles. The third-order valence-corrected chi connectivity index (χ3v) is 4.02. The van der Waals surface area contributed by atoms with E-state index in [9.17, 15) is 0 Å². The van der Waals surface area contributed by atoms with Crippen molar-refractivity contribution in [2.75, 3.05) is 6.54 Å². The van der Waals surface area contributed by atoms with E-state index in [4.69, 9.17) is 23.2 Å². The average Bonchev–Trinajstić information content (AvgIpc) is 2.70. The zero-order valence-corrected chi connectivity index (χ0v) is 12.2. The highest BCUT2D eigenvalue weighted by molar-refractivity contribution is 7.20. The van der Waals surface area contributed by atoms with Crippen LogP contribution in [0, 0.1) is 0 Å². The number of hydrogen-bond donors (Lipinski definition) is 1. The molecule has 6 heteroatoms. The van der Waals surface area contributed by atoms with Crippen molar-refractivity contribution >= 4 is 34.5 Å². The van der Waals surface area contributed by atoms with Crippen molar-refractivity contribution in [3.05, 3.63) is 44.6 Å². The Morgan fingerprint density at radius 3 is 2.61 bits per heavy atom. The van der Waals surface area contributed by atoms with E-state index in [0.29, 0.717) is 8.67 Å². The molecular formula is C12H13Cl2N3S. The first-order valence-corrected chi connectivity index (χ1v) is 7.22. The molecule has 18 heavy (non-hydrogen) atoms. The van der Waals surface area contributed by atoms with Gasteiger partial charge in [0.1, 0.15) is 6.33 Å². The fraction of sp³-hybridized carbons (Fsp3) is 0.333. The van der Waals surface area contributed by atoms with E-state index in [1.54, 1.807) is 12.4 Å². The van der Waals surface area contributed by atoms with Crippen LogP contribution in [0.15, 0.2) is 24.8 Å². The lowest BCUT2D eigenvalue weighted by Gasteiger charge is -2.17. The molecule has 96 valence electrons. The molecule has 1 atom stereocenters. The Bertz CT molecular complexity index is 501. The molecule has 1 N–H and O–H groups in total. The molecule has 0 saturated carbocycles. The lowest BCUT2D eigenvalue weighted by Crippen LogP contribution is -2.23. The standard InChI is InChI=1S/C12H13Cl2N3S/c1-2-3-17-11(8-5-15-7-16-6-8)9-4-10(13)18-12(9)14/h4-7,11,17H,2-3H2,1H3. The van der Waals surface area contributed by atoms with Crippen LogP contribution in [0.3, 0.4) is 0 Å². The van der Waals surface area contributed by atoms with Crippen LogP contribution in [0.4, 0.5) is 0 Å². The molecule has 0 spiro atoms. The number of nitrogens with zero attached hydrogens (tertiary/aromatic N) is 2. The van der Waals surface area contributed by atoms with Gasteiger partial charge in [-0.15, -0.1) is 11.3 Å². The molecule has 2 aromatic rings. The Kier molecular flexibility index (Phi) is 4.95. The minimum absolute atomic E-state index is 0.0117. The molecule has 2 aromatic heterocycles. The summed E-state index contributed by atoms with van der Waals surface area (Å²) in [4.78, 5) is 8.10. The summed E-state index contributed by atoms with van der Waals surface area (Å²) >= 11 is 13.6. The van der Waals surface area contributed by atoms with Crippen LogP contribution in [0.5, 0.6) is 0 Å². The minimum Gasteiger partial charge on any atom is -0.306 e. The van der Waals surface area contributed by atoms with Gasteiger partial charge in [0, 0.05) is 23.5 Å². The highest BCUT2D eigenvalue weighted by Crippen LogP contribution is 2.37. The van der Waals surface area contributed by atoms with Gasteiger partial charge in [-0.1, -0.05) is 30.1 Å². The van der Waals surface area contributed by atoms with Crippen molar-refractivity contribution in [2.45, 2.75) is 19.4 Å². The molecule has 1 unspecified atom stereocenters. The summed E-state index contributed by atoms with van der Waals surface area (Å²) in [6.07, 6.45) is 6.15. The van der Waals surface area contributed by atoms with E-state index in [1.807, 2.05) is 6.07 Å². The van der Waals surface area contributed by atoms with Gasteiger partial charge in [-0.2, -0.15) is 0 Å². The van der Waals surface area contributed by atoms with Gasteiger partial charge in [0.15, 0.2) is 0 Å². The largest absolute Gasteiger partial charge is 0.306 e. The predicted molar refractivity (Wildman–Crippen MR) is 76.5 cm³/mol. The molecule has 0 amide bonds. The Morgan fingerprint density at radius 2 is 2.06 bits per heavy atom. The van der Waals surface area contributed by atoms with Crippen LogP contribution in [-0.2, 0) is 0 Å². The molecule has 2 heterocycles. The minimum atomic E-state index is -0.0117. The Morgan fingerprint density at radius 1 is 1.33 bits per heavy atom. The normalized spacial score (nSPS) is 12.6. The quantitative estimate of drug-likeness (QED) is 0.909. The molecular weight excluding hydrogens is 289 g/mol. The van der Waals surface area contributed by atoms with Crippen molar-refractivity contribution in [3.8, 4) is 0 Å². The first-order valence-electron chi connectivity index (χ1n) is 5.65. The second-order valence-electron chi connectivity index (χ2n) is 3.84. The van der Waals surface area contributed by atoms with E-state index >= 15 is 0 Å². The molecule has 3 nitrogen and oxygen atoms in total. The Hall–Kier alpha value is -0.680. The maximum atomic E-state index is 6.22. The second-order valence-corrected chi connectivity index (χ2v) is 6.12. The smallest absolute Gasteiger partial charge is 0.115 e. The van der Waals surface area contributed by atoms with Gasteiger partial charge in [-0.05, 0) is 19.0 Å². The third-order valence-electron chi connectivity index (χ3n) is 2.51. The molecule has 0 radical (unpaired) electrons. The van der Waals surface area contributed by atoms with Crippen molar-refractivity contribution < 1.29 is 0 Å². The van der Waals surface area contributed by atoms with E-state index < -0.39 is 0 Å². The number of aromatic nitrogens is 2. The highest BCUT2D eigenvalue weighted by Gasteiger charge is 2.19. The van der Waals surface area contributed by atoms with E-state index in [0.717, 1.165) is 24.1 Å². The predicted octanol–water partition coefficient (Wildman–Crippen LogP) is 3.93. The summed E-state index contributed by atoms with van der Waals surface area (Å²) in [6.45, 7) is 3.01. The van der Waals surface area contributed by atoms with Gasteiger partial charge in [0.25, 0.3) is 0 Å². The molecule has 0 aliphatic heterocycles. The lowest BCUT2D eigenvalue weighted by atomic mass is 10.0. The fourth-order valence-corrected chi connectivity index (χ4v) is 3.24. The van der Waals surface area contributed by atoms with E-state index in [2.05, 4.69) is 22.2 Å². The zero-order chi connectivity index (χ0) is 13.0. The SMILES string of the molecule is CCCNC(c1cncnc1)c1cc(Cl)sc1Cl. The molecule has 0 fully saturated rings. The second kappa shape index (κ2) is 6.48. The maximum Gasteiger partial charge on any atom is 0.115 e. The van der Waals surface area contributed by atoms with Crippen molar-refractivity contribution in [3.63, 3.8) is 0 Å². The molecule has 0 aliphatic rings. The number of hydrogen-bond acceptors (Lipinski definition) is 4. The summed E-state index contributed by atoms with van der Waals surface area (Å²) in [7, 11) is 0. The number of thiophene rings is 1. The maximum absolute atomic E-state index is 6.22. The van der Waals surface area contributed by atoms with Crippen LogP contribution in [0.2, 0.25) is 8.67 Å². The summed E-state index contributed by atoms with van der Waals surface area (Å²) in [6, 6.07) is 1.89. The Balaban J connectivity index is 2.34. The highest BCUT2D eigenvalue weighted by atomic mass is 35.5. The topological polar surface area (TPSA) is 37.8 Å². The fourth-order valence-electron chi connectivity index (χ4n) is 1.71. The van der Waals surface area contributed by atoms with Crippen LogP contribution < -0.4 is 5.32 Å². The summed E-state index contributed by atoms with van der Waals surface area (Å²) in [5.74, 6) is 0. The van der Waals surface area contributed by atoms with E-state index in [1.165, 1.54) is 17.7 Å². The first kappa shape index (κ1) is 13.7. The van der Waals surface area contributed by atoms with Gasteiger partial charge in [-0.25, -0.2) is 9.97 Å². The Labute approximate surface area is 120 Å². The van der Waals surface area contributed by atoms with Gasteiger partial charge < -0.3 is 5.32 Å². The van der Waals surface area contributed by atoms with Crippen molar-refractivity contribution in [1.29, 1.82) is 0 Å². The number of rotatable bonds is 5. The van der Waals surface area contributed by atoms with Gasteiger partial charge in [0.2, 0.25) is 0 Å². The van der Waals surface area contributed by atoms with Crippen molar-refractivity contribution in [1.82, 2.24) is 15.3 Å². The van der Waals surface area contributed by atoms with E-state index in [-0.39, 0.29) is 6.04 Å². The van der Waals surface area contributed by atoms with Crippen LogP contribution in [-0.4, -0.2) is 16.5 Å². The first-order chi connectivity index (χ1) is 8.72. The summed E-state index contributed by atoms with van der Waals surface area (Å²) < 4.78 is 1.40. The molecule has 0 saturated heterocycles. The van der Waals surface area contributed by atoms with Crippen LogP contribution >= 0.6 is 34.5 Å².